The molecular formula is C9H7ClF2O. The summed E-state index contributed by atoms with van der Waals surface area (Å²) >= 11 is 5.42. The summed E-state index contributed by atoms with van der Waals surface area (Å²) in [5.41, 5.74) is -2.06. The van der Waals surface area contributed by atoms with E-state index in [-0.39, 0.29) is 16.9 Å². The van der Waals surface area contributed by atoms with Crippen LogP contribution in [0.3, 0.4) is 0 Å². The molecule has 1 atom stereocenters. The summed E-state index contributed by atoms with van der Waals surface area (Å²) < 4.78 is 26.0. The van der Waals surface area contributed by atoms with Crippen molar-refractivity contribution in [2.75, 3.05) is 0 Å². The number of hydrogen-bond donors (Lipinski definition) is 0. The van der Waals surface area contributed by atoms with E-state index in [9.17, 15) is 13.6 Å². The highest BCUT2D eigenvalue weighted by Crippen LogP contribution is 2.26. The number of halogens is 3. The number of carbonyl (C=O) groups excluding carboxylic acids is 1. The van der Waals surface area contributed by atoms with Gasteiger partial charge in [-0.2, -0.15) is 0 Å². The minimum Gasteiger partial charge on any atom is -0.299 e. The summed E-state index contributed by atoms with van der Waals surface area (Å²) in [6.45, 7) is 1.09. The molecule has 0 aromatic heterocycles. The van der Waals surface area contributed by atoms with Crippen LogP contribution in [-0.2, 0) is 10.5 Å². The fraction of sp³-hybridized carbons (Fsp3) is 0.222. The number of hydrogen-bond acceptors (Lipinski definition) is 1. The maximum Gasteiger partial charge on any atom is 0.188 e. The Morgan fingerprint density at radius 1 is 1.54 bits per heavy atom. The van der Waals surface area contributed by atoms with Gasteiger partial charge in [-0.25, -0.2) is 8.78 Å². The Morgan fingerprint density at radius 3 is 2.62 bits per heavy atom. The average Bonchev–Trinajstić information content (AvgIpc) is 2.09. The highest BCUT2D eigenvalue weighted by Gasteiger charge is 2.25. The average molecular weight is 205 g/mol. The predicted octanol–water partition coefficient (Wildman–Crippen LogP) is 2.86. The van der Waals surface area contributed by atoms with Crippen molar-refractivity contribution in [1.29, 1.82) is 0 Å². The van der Waals surface area contributed by atoms with Crippen molar-refractivity contribution in [2.45, 2.75) is 12.6 Å². The summed E-state index contributed by atoms with van der Waals surface area (Å²) in [6.07, 6.45) is 0.149. The summed E-state index contributed by atoms with van der Waals surface area (Å²) in [4.78, 5) is 10.3. The number of rotatable bonds is 2. The Kier molecular flexibility index (Phi) is 2.66. The van der Waals surface area contributed by atoms with Crippen molar-refractivity contribution >= 4 is 17.9 Å². The Labute approximate surface area is 79.3 Å². The van der Waals surface area contributed by atoms with Crippen molar-refractivity contribution in [3.05, 3.63) is 34.6 Å². The minimum atomic E-state index is -2.11. The van der Waals surface area contributed by atoms with E-state index in [1.165, 1.54) is 6.07 Å². The van der Waals surface area contributed by atoms with Crippen LogP contribution in [-0.4, -0.2) is 6.29 Å². The minimum absolute atomic E-state index is 0.0499. The molecule has 1 rings (SSSR count). The highest BCUT2D eigenvalue weighted by molar-refractivity contribution is 6.30. The lowest BCUT2D eigenvalue weighted by Gasteiger charge is -2.12. The van der Waals surface area contributed by atoms with E-state index in [1.807, 2.05) is 0 Å². The third kappa shape index (κ3) is 2.04. The maximum absolute atomic E-state index is 13.3. The van der Waals surface area contributed by atoms with Gasteiger partial charge in [0.1, 0.15) is 5.82 Å². The zero-order valence-electron chi connectivity index (χ0n) is 6.85. The van der Waals surface area contributed by atoms with Crippen LogP contribution in [0.2, 0.25) is 5.02 Å². The second kappa shape index (κ2) is 3.42. The van der Waals surface area contributed by atoms with E-state index in [4.69, 9.17) is 11.6 Å². The van der Waals surface area contributed by atoms with Crippen molar-refractivity contribution < 1.29 is 13.6 Å². The lowest BCUT2D eigenvalue weighted by Crippen LogP contribution is -2.16. The van der Waals surface area contributed by atoms with E-state index in [0.717, 1.165) is 19.1 Å². The van der Waals surface area contributed by atoms with Crippen LogP contribution in [0.25, 0.3) is 0 Å². The molecule has 4 heteroatoms. The highest BCUT2D eigenvalue weighted by atomic mass is 35.5. The first-order valence-electron chi connectivity index (χ1n) is 3.58. The largest absolute Gasteiger partial charge is 0.299 e. The van der Waals surface area contributed by atoms with Crippen LogP contribution in [0.5, 0.6) is 0 Å². The first-order valence-corrected chi connectivity index (χ1v) is 3.96. The molecule has 13 heavy (non-hydrogen) atoms. The van der Waals surface area contributed by atoms with Gasteiger partial charge in [-0.1, -0.05) is 17.7 Å². The zero-order chi connectivity index (χ0) is 10.1. The summed E-state index contributed by atoms with van der Waals surface area (Å²) in [5.74, 6) is -0.632. The summed E-state index contributed by atoms with van der Waals surface area (Å²) in [5, 5.41) is -0.191. The number of aldehydes is 1. The summed E-state index contributed by atoms with van der Waals surface area (Å²) in [6, 6.07) is 3.32. The van der Waals surface area contributed by atoms with E-state index >= 15 is 0 Å². The molecule has 0 amide bonds. The molecule has 70 valence electrons. The van der Waals surface area contributed by atoms with Gasteiger partial charge in [-0.3, -0.25) is 4.79 Å². The van der Waals surface area contributed by atoms with E-state index in [0.29, 0.717) is 0 Å². The van der Waals surface area contributed by atoms with Gasteiger partial charge >= 0.3 is 0 Å². The smallest absolute Gasteiger partial charge is 0.188 e. The Balaban J connectivity index is 3.18. The van der Waals surface area contributed by atoms with Crippen molar-refractivity contribution in [3.8, 4) is 0 Å². The molecule has 0 heterocycles. The first kappa shape index (κ1) is 10.1. The lowest BCUT2D eigenvalue weighted by atomic mass is 10.00. The third-order valence-corrected chi connectivity index (χ3v) is 2.00. The van der Waals surface area contributed by atoms with E-state index in [2.05, 4.69) is 0 Å². The molecule has 0 aliphatic rings. The standard InChI is InChI=1S/C9H7ClF2O/c1-9(12,5-13)6-2-3-8(11)7(10)4-6/h2-5H,1H3. The van der Waals surface area contributed by atoms with Gasteiger partial charge in [0.2, 0.25) is 0 Å². The molecule has 0 aliphatic heterocycles. The second-order valence-corrected chi connectivity index (χ2v) is 3.23. The van der Waals surface area contributed by atoms with Crippen LogP contribution in [0.1, 0.15) is 12.5 Å². The van der Waals surface area contributed by atoms with Gasteiger partial charge in [0.15, 0.2) is 12.0 Å². The van der Waals surface area contributed by atoms with Gasteiger partial charge in [-0.15, -0.1) is 0 Å². The molecule has 0 bridgehead atoms. The van der Waals surface area contributed by atoms with E-state index < -0.39 is 11.5 Å². The normalized spacial score (nSPS) is 15.1. The molecular weight excluding hydrogens is 198 g/mol. The lowest BCUT2D eigenvalue weighted by molar-refractivity contribution is -0.117. The van der Waals surface area contributed by atoms with Gasteiger partial charge in [0, 0.05) is 0 Å². The molecule has 0 saturated heterocycles. The molecule has 1 aromatic carbocycles. The Morgan fingerprint density at radius 2 is 2.15 bits per heavy atom. The monoisotopic (exact) mass is 204 g/mol. The second-order valence-electron chi connectivity index (χ2n) is 2.82. The molecule has 0 fully saturated rings. The van der Waals surface area contributed by atoms with E-state index in [1.54, 1.807) is 0 Å². The van der Waals surface area contributed by atoms with Gasteiger partial charge < -0.3 is 0 Å². The zero-order valence-corrected chi connectivity index (χ0v) is 7.61. The SMILES string of the molecule is CC(F)(C=O)c1ccc(F)c(Cl)c1. The predicted molar refractivity (Wildman–Crippen MR) is 45.9 cm³/mol. The molecule has 0 spiro atoms. The molecule has 0 saturated carbocycles. The fourth-order valence-electron chi connectivity index (χ4n) is 0.868. The molecule has 1 aromatic rings. The molecule has 0 N–H and O–H groups in total. The van der Waals surface area contributed by atoms with Crippen LogP contribution in [0.15, 0.2) is 18.2 Å². The van der Waals surface area contributed by atoms with Crippen LogP contribution >= 0.6 is 11.6 Å². The van der Waals surface area contributed by atoms with Gasteiger partial charge in [-0.05, 0) is 24.6 Å². The summed E-state index contributed by atoms with van der Waals surface area (Å²) in [7, 11) is 0. The first-order chi connectivity index (χ1) is 5.97. The molecule has 1 nitrogen and oxygen atoms in total. The van der Waals surface area contributed by atoms with Gasteiger partial charge in [0.05, 0.1) is 5.02 Å². The molecule has 0 radical (unpaired) electrons. The van der Waals surface area contributed by atoms with Crippen molar-refractivity contribution in [2.24, 2.45) is 0 Å². The Hall–Kier alpha value is -0.960. The van der Waals surface area contributed by atoms with Crippen LogP contribution < -0.4 is 0 Å². The number of benzene rings is 1. The van der Waals surface area contributed by atoms with Crippen LogP contribution in [0.4, 0.5) is 8.78 Å². The fourth-order valence-corrected chi connectivity index (χ4v) is 1.05. The Bertz CT molecular complexity index is 336. The van der Waals surface area contributed by atoms with Gasteiger partial charge in [0.25, 0.3) is 0 Å². The van der Waals surface area contributed by atoms with Crippen molar-refractivity contribution in [3.63, 3.8) is 0 Å². The molecule has 1 unspecified atom stereocenters. The number of alkyl halides is 1. The molecule has 0 aliphatic carbocycles. The quantitative estimate of drug-likeness (QED) is 0.677. The number of carbonyl (C=O) groups is 1. The van der Waals surface area contributed by atoms with Crippen molar-refractivity contribution in [1.82, 2.24) is 0 Å². The topological polar surface area (TPSA) is 17.1 Å². The van der Waals surface area contributed by atoms with Crippen LogP contribution in [0, 0.1) is 5.82 Å². The maximum atomic E-state index is 13.3. The third-order valence-electron chi connectivity index (χ3n) is 1.71.